The molecule has 1 atom stereocenters. The van der Waals surface area contributed by atoms with Crippen LogP contribution in [0, 0.1) is 17.8 Å². The van der Waals surface area contributed by atoms with Crippen LogP contribution in [-0.2, 0) is 9.59 Å². The van der Waals surface area contributed by atoms with Gasteiger partial charge in [0.1, 0.15) is 0 Å². The number of likely N-dealkylation sites (tertiary alicyclic amines) is 1. The number of carboxylic acids is 1. The van der Waals surface area contributed by atoms with Crippen LogP contribution in [0.4, 0.5) is 0 Å². The second-order valence-electron chi connectivity index (χ2n) is 7.31. The normalized spacial score (nSPS) is 29.2. The van der Waals surface area contributed by atoms with Gasteiger partial charge in [0.05, 0.1) is 12.6 Å². The Kier molecular flexibility index (Phi) is 7.34. The predicted molar refractivity (Wildman–Crippen MR) is 89.9 cm³/mol. The number of aliphatic carboxylic acids is 1. The summed E-state index contributed by atoms with van der Waals surface area (Å²) in [6.07, 6.45) is 9.92. The van der Waals surface area contributed by atoms with E-state index in [1.165, 1.54) is 32.1 Å². The first-order valence-electron chi connectivity index (χ1n) is 9.33. The molecule has 1 saturated heterocycles. The highest BCUT2D eigenvalue weighted by Crippen LogP contribution is 2.32. The van der Waals surface area contributed by atoms with E-state index in [1.807, 2.05) is 0 Å². The van der Waals surface area contributed by atoms with E-state index in [4.69, 9.17) is 5.11 Å². The Morgan fingerprint density at radius 3 is 2.52 bits per heavy atom. The minimum atomic E-state index is -0.716. The number of rotatable bonds is 7. The molecule has 2 aliphatic rings. The monoisotopic (exact) mass is 324 g/mol. The van der Waals surface area contributed by atoms with E-state index < -0.39 is 5.97 Å². The first-order valence-corrected chi connectivity index (χ1v) is 9.33. The maximum Gasteiger partial charge on any atom is 0.307 e. The zero-order chi connectivity index (χ0) is 16.7. The van der Waals surface area contributed by atoms with Crippen molar-refractivity contribution >= 4 is 11.9 Å². The quantitative estimate of drug-likeness (QED) is 0.755. The van der Waals surface area contributed by atoms with Crippen molar-refractivity contribution in [1.82, 2.24) is 10.2 Å². The summed E-state index contributed by atoms with van der Waals surface area (Å²) in [7, 11) is 0. The molecule has 1 amide bonds. The van der Waals surface area contributed by atoms with Gasteiger partial charge in [-0.05, 0) is 51.0 Å². The number of amides is 1. The fraction of sp³-hybridized carbons (Fsp3) is 0.889. The molecule has 2 rings (SSSR count). The lowest BCUT2D eigenvalue weighted by Crippen LogP contribution is -2.46. The predicted octanol–water partition coefficient (Wildman–Crippen LogP) is 2.85. The minimum absolute atomic E-state index is 0.160. The molecule has 0 aromatic heterocycles. The van der Waals surface area contributed by atoms with Gasteiger partial charge in [0, 0.05) is 12.5 Å². The van der Waals surface area contributed by atoms with Gasteiger partial charge in [-0.2, -0.15) is 0 Å². The standard InChI is InChI=1S/C18H32N2O3/c1-2-3-5-14-7-9-15(10-8-14)17(21)19-13-20-11-4-6-16(12-20)18(22)23/h14-16H,2-13H2,1H3,(H,19,21)(H,22,23). The Morgan fingerprint density at radius 2 is 1.87 bits per heavy atom. The van der Waals surface area contributed by atoms with Gasteiger partial charge in [-0.1, -0.05) is 26.2 Å². The number of carboxylic acid groups (broad SMARTS) is 1. The molecule has 1 saturated carbocycles. The maximum atomic E-state index is 12.3. The molecule has 0 radical (unpaired) electrons. The fourth-order valence-corrected chi connectivity index (χ4v) is 3.94. The summed E-state index contributed by atoms with van der Waals surface area (Å²) in [4.78, 5) is 25.5. The van der Waals surface area contributed by atoms with Gasteiger partial charge in [-0.15, -0.1) is 0 Å². The molecule has 2 fully saturated rings. The van der Waals surface area contributed by atoms with E-state index in [-0.39, 0.29) is 17.7 Å². The van der Waals surface area contributed by atoms with Crippen LogP contribution in [-0.4, -0.2) is 41.6 Å². The molecule has 1 aliphatic heterocycles. The van der Waals surface area contributed by atoms with Crippen LogP contribution in [0.25, 0.3) is 0 Å². The number of carbonyl (C=O) groups excluding carboxylic acids is 1. The third-order valence-electron chi connectivity index (χ3n) is 5.52. The summed E-state index contributed by atoms with van der Waals surface area (Å²) in [6, 6.07) is 0. The van der Waals surface area contributed by atoms with Crippen LogP contribution < -0.4 is 5.32 Å². The Morgan fingerprint density at radius 1 is 1.13 bits per heavy atom. The summed E-state index contributed by atoms with van der Waals surface area (Å²) < 4.78 is 0. The molecular formula is C18H32N2O3. The number of piperidine rings is 1. The largest absolute Gasteiger partial charge is 0.481 e. The third-order valence-corrected chi connectivity index (χ3v) is 5.52. The SMILES string of the molecule is CCCCC1CCC(C(=O)NCN2CCCC(C(=O)O)C2)CC1. The van der Waals surface area contributed by atoms with Crippen LogP contribution in [0.5, 0.6) is 0 Å². The molecule has 5 heteroatoms. The highest BCUT2D eigenvalue weighted by atomic mass is 16.4. The zero-order valence-corrected chi connectivity index (χ0v) is 14.4. The lowest BCUT2D eigenvalue weighted by Gasteiger charge is -2.32. The van der Waals surface area contributed by atoms with Crippen molar-refractivity contribution < 1.29 is 14.7 Å². The molecule has 1 heterocycles. The molecule has 5 nitrogen and oxygen atoms in total. The summed E-state index contributed by atoms with van der Waals surface area (Å²) in [5.74, 6) is 0.142. The smallest absolute Gasteiger partial charge is 0.307 e. The highest BCUT2D eigenvalue weighted by Gasteiger charge is 2.28. The van der Waals surface area contributed by atoms with Gasteiger partial charge in [-0.3, -0.25) is 14.5 Å². The minimum Gasteiger partial charge on any atom is -0.481 e. The number of nitrogens with zero attached hydrogens (tertiary/aromatic N) is 1. The van der Waals surface area contributed by atoms with Crippen molar-refractivity contribution in [3.63, 3.8) is 0 Å². The Bertz CT molecular complexity index is 392. The number of hydrogen-bond acceptors (Lipinski definition) is 3. The van der Waals surface area contributed by atoms with Crippen LogP contribution >= 0.6 is 0 Å². The van der Waals surface area contributed by atoms with Crippen molar-refractivity contribution in [2.45, 2.75) is 64.7 Å². The fourth-order valence-electron chi connectivity index (χ4n) is 3.94. The van der Waals surface area contributed by atoms with Crippen LogP contribution in [0.1, 0.15) is 64.7 Å². The lowest BCUT2D eigenvalue weighted by atomic mass is 9.79. The summed E-state index contributed by atoms with van der Waals surface area (Å²) in [6.45, 7) is 4.17. The van der Waals surface area contributed by atoms with Crippen LogP contribution in [0.2, 0.25) is 0 Å². The van der Waals surface area contributed by atoms with E-state index in [0.29, 0.717) is 13.2 Å². The average molecular weight is 324 g/mol. The Hall–Kier alpha value is -1.10. The highest BCUT2D eigenvalue weighted by molar-refractivity contribution is 5.78. The van der Waals surface area contributed by atoms with Gasteiger partial charge in [0.2, 0.25) is 5.91 Å². The second-order valence-corrected chi connectivity index (χ2v) is 7.31. The van der Waals surface area contributed by atoms with E-state index in [0.717, 1.165) is 38.1 Å². The Labute approximate surface area is 139 Å². The van der Waals surface area contributed by atoms with Crippen molar-refractivity contribution in [3.8, 4) is 0 Å². The van der Waals surface area contributed by atoms with Gasteiger partial charge < -0.3 is 10.4 Å². The van der Waals surface area contributed by atoms with Crippen LogP contribution in [0.15, 0.2) is 0 Å². The number of nitrogens with one attached hydrogen (secondary N) is 1. The molecule has 1 unspecified atom stereocenters. The number of carbonyl (C=O) groups is 2. The maximum absolute atomic E-state index is 12.3. The van der Waals surface area contributed by atoms with E-state index >= 15 is 0 Å². The molecule has 2 N–H and O–H groups in total. The molecular weight excluding hydrogens is 292 g/mol. The Balaban J connectivity index is 1.66. The van der Waals surface area contributed by atoms with Crippen molar-refractivity contribution in [3.05, 3.63) is 0 Å². The molecule has 1 aliphatic carbocycles. The first kappa shape index (κ1) is 18.2. The molecule has 23 heavy (non-hydrogen) atoms. The molecule has 0 aromatic rings. The van der Waals surface area contributed by atoms with Crippen molar-refractivity contribution in [2.75, 3.05) is 19.8 Å². The zero-order valence-electron chi connectivity index (χ0n) is 14.4. The first-order chi connectivity index (χ1) is 11.1. The van der Waals surface area contributed by atoms with Gasteiger partial charge in [0.25, 0.3) is 0 Å². The number of unbranched alkanes of at least 4 members (excludes halogenated alkanes) is 1. The van der Waals surface area contributed by atoms with Crippen molar-refractivity contribution in [1.29, 1.82) is 0 Å². The van der Waals surface area contributed by atoms with E-state index in [9.17, 15) is 9.59 Å². The van der Waals surface area contributed by atoms with E-state index in [1.54, 1.807) is 0 Å². The number of hydrogen-bond donors (Lipinski definition) is 2. The van der Waals surface area contributed by atoms with Crippen LogP contribution in [0.3, 0.4) is 0 Å². The molecule has 0 spiro atoms. The summed E-state index contributed by atoms with van der Waals surface area (Å²) in [5, 5.41) is 12.1. The average Bonchev–Trinajstić information content (AvgIpc) is 2.58. The molecule has 0 bridgehead atoms. The van der Waals surface area contributed by atoms with Gasteiger partial charge in [-0.25, -0.2) is 0 Å². The summed E-state index contributed by atoms with van der Waals surface area (Å²) >= 11 is 0. The van der Waals surface area contributed by atoms with Crippen molar-refractivity contribution in [2.24, 2.45) is 17.8 Å². The second kappa shape index (κ2) is 9.26. The molecule has 132 valence electrons. The van der Waals surface area contributed by atoms with Gasteiger partial charge >= 0.3 is 5.97 Å². The van der Waals surface area contributed by atoms with E-state index in [2.05, 4.69) is 17.1 Å². The topological polar surface area (TPSA) is 69.6 Å². The third kappa shape index (κ3) is 5.79. The van der Waals surface area contributed by atoms with Gasteiger partial charge in [0.15, 0.2) is 0 Å². The molecule has 0 aromatic carbocycles. The summed E-state index contributed by atoms with van der Waals surface area (Å²) in [5.41, 5.74) is 0. The lowest BCUT2D eigenvalue weighted by molar-refractivity contribution is -0.143.